The number of rotatable bonds is 3. The fraction of sp³-hybridized carbons (Fsp3) is 0.444. The number of anilines is 1. The Labute approximate surface area is 145 Å². The number of aromatic nitrogens is 3. The molecule has 0 aliphatic carbocycles. The van der Waals surface area contributed by atoms with Crippen LogP contribution in [-0.2, 0) is 29.0 Å². The number of fused-ring (bicyclic) bond motifs is 2. The molecule has 2 amide bonds. The van der Waals surface area contributed by atoms with Gasteiger partial charge in [-0.1, -0.05) is 25.1 Å². The molecule has 2 aliphatic rings. The molecule has 7 heteroatoms. The Hall–Kier alpha value is -2.70. The van der Waals surface area contributed by atoms with Crippen molar-refractivity contribution in [1.29, 1.82) is 0 Å². The summed E-state index contributed by atoms with van der Waals surface area (Å²) in [6.45, 7) is 2.74. The van der Waals surface area contributed by atoms with Gasteiger partial charge in [-0.05, 0) is 18.1 Å². The molecule has 1 aromatic heterocycles. The van der Waals surface area contributed by atoms with E-state index in [1.807, 2.05) is 24.3 Å². The third kappa shape index (κ3) is 2.90. The lowest BCUT2D eigenvalue weighted by atomic mass is 9.89. The first-order chi connectivity index (χ1) is 12.2. The van der Waals surface area contributed by atoms with Gasteiger partial charge in [0, 0.05) is 37.5 Å². The lowest BCUT2D eigenvalue weighted by Gasteiger charge is -2.29. The van der Waals surface area contributed by atoms with E-state index in [4.69, 9.17) is 0 Å². The van der Waals surface area contributed by atoms with Crippen molar-refractivity contribution in [2.45, 2.75) is 51.1 Å². The van der Waals surface area contributed by atoms with E-state index in [0.29, 0.717) is 6.54 Å². The summed E-state index contributed by atoms with van der Waals surface area (Å²) in [6.07, 6.45) is 2.66. The van der Waals surface area contributed by atoms with E-state index in [1.165, 1.54) is 0 Å². The molecule has 0 radical (unpaired) electrons. The number of aryl methyl sites for hydroxylation is 2. The van der Waals surface area contributed by atoms with E-state index in [1.54, 1.807) is 0 Å². The van der Waals surface area contributed by atoms with Crippen LogP contribution in [0, 0.1) is 0 Å². The van der Waals surface area contributed by atoms with Gasteiger partial charge in [-0.3, -0.25) is 9.59 Å². The molecule has 0 unspecified atom stereocenters. The molecule has 0 saturated carbocycles. The molecule has 0 bridgehead atoms. The van der Waals surface area contributed by atoms with Crippen LogP contribution in [-0.4, -0.2) is 32.6 Å². The molecule has 4 rings (SSSR count). The molecule has 7 nitrogen and oxygen atoms in total. The minimum atomic E-state index is -0.432. The highest BCUT2D eigenvalue weighted by molar-refractivity contribution is 6.01. The maximum atomic E-state index is 12.8. The molecule has 1 aromatic carbocycles. The second-order valence-corrected chi connectivity index (χ2v) is 6.63. The Kier molecular flexibility index (Phi) is 3.99. The van der Waals surface area contributed by atoms with Crippen LogP contribution in [0.25, 0.3) is 0 Å². The minimum absolute atomic E-state index is 0.0402. The zero-order valence-corrected chi connectivity index (χ0v) is 14.2. The molecule has 0 spiro atoms. The lowest BCUT2D eigenvalue weighted by Crippen LogP contribution is -2.44. The quantitative estimate of drug-likeness (QED) is 0.884. The van der Waals surface area contributed by atoms with Crippen LogP contribution in [0.15, 0.2) is 24.3 Å². The van der Waals surface area contributed by atoms with Crippen LogP contribution in [0.2, 0.25) is 0 Å². The Balaban J connectivity index is 1.51. The molecule has 25 heavy (non-hydrogen) atoms. The van der Waals surface area contributed by atoms with Gasteiger partial charge in [0.2, 0.25) is 11.8 Å². The van der Waals surface area contributed by atoms with Crippen LogP contribution < -0.4 is 10.6 Å². The van der Waals surface area contributed by atoms with Gasteiger partial charge >= 0.3 is 0 Å². The zero-order valence-electron chi connectivity index (χ0n) is 14.2. The van der Waals surface area contributed by atoms with E-state index < -0.39 is 5.92 Å². The van der Waals surface area contributed by atoms with Crippen molar-refractivity contribution in [1.82, 2.24) is 20.1 Å². The number of carbonyl (C=O) groups excluding carboxylic acids is 2. The normalized spacial score (nSPS) is 21.9. The molecule has 2 aromatic rings. The highest BCUT2D eigenvalue weighted by atomic mass is 16.2. The van der Waals surface area contributed by atoms with E-state index >= 15 is 0 Å². The third-order valence-corrected chi connectivity index (χ3v) is 5.00. The first kappa shape index (κ1) is 15.8. The Bertz CT molecular complexity index is 815. The largest absolute Gasteiger partial charge is 0.351 e. The fourth-order valence-corrected chi connectivity index (χ4v) is 3.71. The summed E-state index contributed by atoms with van der Waals surface area (Å²) < 4.78 is 2.11. The summed E-state index contributed by atoms with van der Waals surface area (Å²) in [6, 6.07) is 7.55. The number of hydrogen-bond donors (Lipinski definition) is 2. The SMILES string of the molecule is CCc1nnc2n1C[C@H](NC(=O)[C@@H]1CC(=O)Nc3ccccc31)CC2. The first-order valence-corrected chi connectivity index (χ1v) is 8.75. The molecule has 2 atom stereocenters. The molecular weight excluding hydrogens is 318 g/mol. The Morgan fingerprint density at radius 2 is 2.20 bits per heavy atom. The van der Waals surface area contributed by atoms with Gasteiger partial charge < -0.3 is 15.2 Å². The predicted molar refractivity (Wildman–Crippen MR) is 92.1 cm³/mol. The van der Waals surface area contributed by atoms with Crippen molar-refractivity contribution in [3.63, 3.8) is 0 Å². The summed E-state index contributed by atoms with van der Waals surface area (Å²) in [7, 11) is 0. The maximum absolute atomic E-state index is 12.8. The topological polar surface area (TPSA) is 88.9 Å². The zero-order chi connectivity index (χ0) is 17.4. The monoisotopic (exact) mass is 339 g/mol. The molecule has 0 saturated heterocycles. The average molecular weight is 339 g/mol. The maximum Gasteiger partial charge on any atom is 0.228 e. The van der Waals surface area contributed by atoms with Gasteiger partial charge in [0.1, 0.15) is 11.6 Å². The standard InChI is InChI=1S/C18H21N5O2/c1-2-15-21-22-16-8-7-11(10-23(15)16)19-18(25)13-9-17(24)20-14-6-4-3-5-12(13)14/h3-6,11,13H,2,7-10H2,1H3,(H,19,25)(H,20,24)/t11-,13-/m1/s1. The number of hydrogen-bond acceptors (Lipinski definition) is 4. The van der Waals surface area contributed by atoms with Crippen molar-refractivity contribution in [2.24, 2.45) is 0 Å². The van der Waals surface area contributed by atoms with Crippen molar-refractivity contribution in [3.05, 3.63) is 41.5 Å². The van der Waals surface area contributed by atoms with Gasteiger partial charge in [-0.2, -0.15) is 0 Å². The highest BCUT2D eigenvalue weighted by Gasteiger charge is 2.32. The minimum Gasteiger partial charge on any atom is -0.351 e. The van der Waals surface area contributed by atoms with Gasteiger partial charge in [0.05, 0.1) is 5.92 Å². The van der Waals surface area contributed by atoms with E-state index in [2.05, 4.69) is 32.3 Å². The molecule has 3 heterocycles. The Morgan fingerprint density at radius 3 is 3.04 bits per heavy atom. The molecule has 0 fully saturated rings. The highest BCUT2D eigenvalue weighted by Crippen LogP contribution is 2.32. The van der Waals surface area contributed by atoms with Crippen LogP contribution in [0.3, 0.4) is 0 Å². The van der Waals surface area contributed by atoms with E-state index in [0.717, 1.165) is 42.2 Å². The number of carbonyl (C=O) groups is 2. The summed E-state index contributed by atoms with van der Waals surface area (Å²) in [5, 5.41) is 14.4. The number of nitrogens with one attached hydrogen (secondary N) is 2. The second-order valence-electron chi connectivity index (χ2n) is 6.63. The van der Waals surface area contributed by atoms with Gasteiger partial charge in [0.25, 0.3) is 0 Å². The number of nitrogens with zero attached hydrogens (tertiary/aromatic N) is 3. The van der Waals surface area contributed by atoms with Crippen LogP contribution in [0.1, 0.15) is 42.9 Å². The predicted octanol–water partition coefficient (Wildman–Crippen LogP) is 1.40. The van der Waals surface area contributed by atoms with Gasteiger partial charge in [0.15, 0.2) is 0 Å². The fourth-order valence-electron chi connectivity index (χ4n) is 3.71. The summed E-state index contributed by atoms with van der Waals surface area (Å²) in [5.74, 6) is 1.32. The first-order valence-electron chi connectivity index (χ1n) is 8.75. The number of para-hydroxylation sites is 1. The number of benzene rings is 1. The van der Waals surface area contributed by atoms with Gasteiger partial charge in [-0.15, -0.1) is 10.2 Å². The summed E-state index contributed by atoms with van der Waals surface area (Å²) in [5.41, 5.74) is 1.62. The van der Waals surface area contributed by atoms with Gasteiger partial charge in [-0.25, -0.2) is 0 Å². The van der Waals surface area contributed by atoms with E-state index in [9.17, 15) is 9.59 Å². The van der Waals surface area contributed by atoms with Crippen LogP contribution in [0.5, 0.6) is 0 Å². The average Bonchev–Trinajstić information content (AvgIpc) is 3.03. The molecule has 2 aliphatic heterocycles. The Morgan fingerprint density at radius 1 is 1.36 bits per heavy atom. The van der Waals surface area contributed by atoms with Crippen molar-refractivity contribution in [2.75, 3.05) is 5.32 Å². The van der Waals surface area contributed by atoms with Crippen molar-refractivity contribution >= 4 is 17.5 Å². The number of amides is 2. The molecular formula is C18H21N5O2. The molecule has 2 N–H and O–H groups in total. The summed E-state index contributed by atoms with van der Waals surface area (Å²) >= 11 is 0. The smallest absolute Gasteiger partial charge is 0.228 e. The lowest BCUT2D eigenvalue weighted by molar-refractivity contribution is -0.127. The van der Waals surface area contributed by atoms with Crippen LogP contribution >= 0.6 is 0 Å². The van der Waals surface area contributed by atoms with E-state index in [-0.39, 0.29) is 24.3 Å². The van der Waals surface area contributed by atoms with Crippen molar-refractivity contribution in [3.8, 4) is 0 Å². The summed E-state index contributed by atoms with van der Waals surface area (Å²) in [4.78, 5) is 24.8. The van der Waals surface area contributed by atoms with Crippen molar-refractivity contribution < 1.29 is 9.59 Å². The second kappa shape index (κ2) is 6.31. The third-order valence-electron chi connectivity index (χ3n) is 5.00. The molecule has 130 valence electrons. The van der Waals surface area contributed by atoms with Crippen LogP contribution in [0.4, 0.5) is 5.69 Å².